The molecule has 0 saturated carbocycles. The van der Waals surface area contributed by atoms with Gasteiger partial charge in [-0.25, -0.2) is 9.67 Å². The van der Waals surface area contributed by atoms with E-state index in [1.807, 2.05) is 36.4 Å². The molecule has 1 saturated heterocycles. The van der Waals surface area contributed by atoms with Crippen LogP contribution >= 0.6 is 11.3 Å². The molecule has 0 unspecified atom stereocenters. The van der Waals surface area contributed by atoms with Crippen molar-refractivity contribution in [2.45, 2.75) is 19.9 Å². The van der Waals surface area contributed by atoms with Gasteiger partial charge in [0.05, 0.1) is 21.6 Å². The Morgan fingerprint density at radius 2 is 1.73 bits per heavy atom. The molecule has 0 atom stereocenters. The third-order valence-corrected chi connectivity index (χ3v) is 6.52. The Balaban J connectivity index is 1.62. The summed E-state index contributed by atoms with van der Waals surface area (Å²) in [7, 11) is 0. The van der Waals surface area contributed by atoms with Crippen LogP contribution in [-0.2, 0) is 0 Å². The molecule has 8 heteroatoms. The fraction of sp³-hybridized carbons (Fsp3) is 0.318. The first-order chi connectivity index (χ1) is 14.6. The number of benzene rings is 1. The molecule has 154 valence electrons. The second-order valence-electron chi connectivity index (χ2n) is 7.80. The van der Waals surface area contributed by atoms with E-state index < -0.39 is 0 Å². The first kappa shape index (κ1) is 19.0. The lowest BCUT2D eigenvalue weighted by molar-refractivity contribution is 0.208. The SMILES string of the molecule is CC(C)N1CCN(c2nc(-c3cccs3)c3c(N)n(-c4ccccc4)nc3n2)CC1. The fourth-order valence-electron chi connectivity index (χ4n) is 3.94. The van der Waals surface area contributed by atoms with Crippen molar-refractivity contribution >= 4 is 34.1 Å². The minimum absolute atomic E-state index is 0.554. The van der Waals surface area contributed by atoms with Crippen LogP contribution < -0.4 is 10.6 Å². The number of aromatic nitrogens is 4. The number of hydrogen-bond donors (Lipinski definition) is 1. The van der Waals surface area contributed by atoms with E-state index >= 15 is 0 Å². The van der Waals surface area contributed by atoms with Gasteiger partial charge in [-0.2, -0.15) is 4.98 Å². The van der Waals surface area contributed by atoms with Gasteiger partial charge in [-0.05, 0) is 37.4 Å². The third kappa shape index (κ3) is 3.32. The number of nitrogen functional groups attached to an aromatic ring is 1. The molecule has 0 aliphatic carbocycles. The van der Waals surface area contributed by atoms with Gasteiger partial charge >= 0.3 is 0 Å². The molecule has 1 aliphatic rings. The van der Waals surface area contributed by atoms with Gasteiger partial charge in [-0.15, -0.1) is 16.4 Å². The highest BCUT2D eigenvalue weighted by atomic mass is 32.1. The van der Waals surface area contributed by atoms with Gasteiger partial charge in [0, 0.05) is 32.2 Å². The summed E-state index contributed by atoms with van der Waals surface area (Å²) in [4.78, 5) is 15.6. The summed E-state index contributed by atoms with van der Waals surface area (Å²) in [6.45, 7) is 8.31. The van der Waals surface area contributed by atoms with Crippen molar-refractivity contribution in [3.05, 3.63) is 47.8 Å². The van der Waals surface area contributed by atoms with E-state index in [0.29, 0.717) is 17.5 Å². The minimum Gasteiger partial charge on any atom is -0.383 e. The average Bonchev–Trinajstić information content (AvgIpc) is 3.42. The lowest BCUT2D eigenvalue weighted by Crippen LogP contribution is -2.49. The van der Waals surface area contributed by atoms with Crippen molar-refractivity contribution in [3.8, 4) is 16.3 Å². The zero-order valence-electron chi connectivity index (χ0n) is 17.2. The van der Waals surface area contributed by atoms with Crippen LogP contribution in [0, 0.1) is 0 Å². The van der Waals surface area contributed by atoms with Crippen LogP contribution in [0.3, 0.4) is 0 Å². The molecule has 1 aromatic carbocycles. The van der Waals surface area contributed by atoms with Crippen LogP contribution in [0.1, 0.15) is 13.8 Å². The van der Waals surface area contributed by atoms with Crippen LogP contribution in [0.25, 0.3) is 27.3 Å². The molecule has 7 nitrogen and oxygen atoms in total. The normalized spacial score (nSPS) is 15.4. The summed E-state index contributed by atoms with van der Waals surface area (Å²) in [5, 5.41) is 7.63. The molecule has 0 bridgehead atoms. The van der Waals surface area contributed by atoms with Gasteiger partial charge in [0.2, 0.25) is 5.95 Å². The second kappa shape index (κ2) is 7.70. The van der Waals surface area contributed by atoms with E-state index in [0.717, 1.165) is 53.8 Å². The van der Waals surface area contributed by atoms with Crippen molar-refractivity contribution in [2.24, 2.45) is 0 Å². The average molecular weight is 420 g/mol. The zero-order valence-corrected chi connectivity index (χ0v) is 18.0. The van der Waals surface area contributed by atoms with Crippen LogP contribution in [-0.4, -0.2) is 56.9 Å². The topological polar surface area (TPSA) is 76.1 Å². The maximum atomic E-state index is 6.56. The lowest BCUT2D eigenvalue weighted by Gasteiger charge is -2.36. The summed E-state index contributed by atoms with van der Waals surface area (Å²) in [6, 6.07) is 14.6. The fourth-order valence-corrected chi connectivity index (χ4v) is 4.66. The van der Waals surface area contributed by atoms with Gasteiger partial charge in [-0.1, -0.05) is 24.3 Å². The molecular weight excluding hydrogens is 394 g/mol. The van der Waals surface area contributed by atoms with Gasteiger partial charge in [0.15, 0.2) is 5.65 Å². The number of fused-ring (bicyclic) bond motifs is 1. The largest absolute Gasteiger partial charge is 0.383 e. The highest BCUT2D eigenvalue weighted by molar-refractivity contribution is 7.13. The number of hydrogen-bond acceptors (Lipinski definition) is 7. The minimum atomic E-state index is 0.554. The van der Waals surface area contributed by atoms with E-state index in [1.165, 1.54) is 0 Å². The second-order valence-corrected chi connectivity index (χ2v) is 8.75. The molecule has 0 spiro atoms. The number of anilines is 2. The van der Waals surface area contributed by atoms with Crippen molar-refractivity contribution in [3.63, 3.8) is 0 Å². The van der Waals surface area contributed by atoms with Crippen molar-refractivity contribution in [1.82, 2.24) is 24.6 Å². The van der Waals surface area contributed by atoms with E-state index in [4.69, 9.17) is 20.8 Å². The summed E-state index contributed by atoms with van der Waals surface area (Å²) in [5.74, 6) is 1.29. The molecule has 3 aromatic heterocycles. The Labute approximate surface area is 179 Å². The van der Waals surface area contributed by atoms with Crippen molar-refractivity contribution < 1.29 is 0 Å². The number of nitrogens with zero attached hydrogens (tertiary/aromatic N) is 6. The molecule has 1 aliphatic heterocycles. The van der Waals surface area contributed by atoms with Crippen LogP contribution in [0.15, 0.2) is 47.8 Å². The molecule has 30 heavy (non-hydrogen) atoms. The van der Waals surface area contributed by atoms with Crippen molar-refractivity contribution in [1.29, 1.82) is 0 Å². The van der Waals surface area contributed by atoms with Crippen LogP contribution in [0.2, 0.25) is 0 Å². The highest BCUT2D eigenvalue weighted by Crippen LogP contribution is 2.35. The molecular formula is C22H25N7S. The smallest absolute Gasteiger partial charge is 0.228 e. The monoisotopic (exact) mass is 419 g/mol. The third-order valence-electron chi connectivity index (χ3n) is 5.64. The van der Waals surface area contributed by atoms with Gasteiger partial charge in [-0.3, -0.25) is 4.90 Å². The summed E-state index contributed by atoms with van der Waals surface area (Å²) in [5.41, 5.74) is 8.97. The number of para-hydroxylation sites is 1. The van der Waals surface area contributed by atoms with Crippen LogP contribution in [0.5, 0.6) is 0 Å². The molecule has 0 amide bonds. The number of piperazine rings is 1. The Morgan fingerprint density at radius 3 is 2.40 bits per heavy atom. The van der Waals surface area contributed by atoms with E-state index in [1.54, 1.807) is 16.0 Å². The predicted octanol–water partition coefficient (Wildman–Crippen LogP) is 3.66. The molecule has 0 radical (unpaired) electrons. The predicted molar refractivity (Wildman–Crippen MR) is 123 cm³/mol. The van der Waals surface area contributed by atoms with Gasteiger partial charge in [0.1, 0.15) is 5.82 Å². The molecule has 5 rings (SSSR count). The number of rotatable bonds is 4. The van der Waals surface area contributed by atoms with E-state index in [-0.39, 0.29) is 0 Å². The van der Waals surface area contributed by atoms with Crippen LogP contribution in [0.4, 0.5) is 11.8 Å². The first-order valence-electron chi connectivity index (χ1n) is 10.3. The highest BCUT2D eigenvalue weighted by Gasteiger charge is 2.24. The van der Waals surface area contributed by atoms with Crippen molar-refractivity contribution in [2.75, 3.05) is 36.8 Å². The molecule has 1 fully saturated rings. The Hall–Kier alpha value is -2.97. The van der Waals surface area contributed by atoms with Gasteiger partial charge in [0.25, 0.3) is 0 Å². The number of nitrogens with two attached hydrogens (primary N) is 1. The van der Waals surface area contributed by atoms with E-state index in [9.17, 15) is 0 Å². The lowest BCUT2D eigenvalue weighted by atomic mass is 10.2. The first-order valence-corrected chi connectivity index (χ1v) is 11.1. The quantitative estimate of drug-likeness (QED) is 0.544. The maximum Gasteiger partial charge on any atom is 0.228 e. The zero-order chi connectivity index (χ0) is 20.7. The Bertz CT molecular complexity index is 1140. The standard InChI is InChI=1S/C22H25N7S/c1-15(2)27-10-12-28(13-11-27)22-24-19(17-9-6-14-30-17)18-20(23)29(26-21(18)25-22)16-7-4-3-5-8-16/h3-9,14-15H,10-13,23H2,1-2H3. The Morgan fingerprint density at radius 1 is 0.967 bits per heavy atom. The number of thiophene rings is 1. The summed E-state index contributed by atoms with van der Waals surface area (Å²) >= 11 is 1.65. The molecule has 4 aromatic rings. The Kier molecular flexibility index (Phi) is 4.88. The van der Waals surface area contributed by atoms with E-state index in [2.05, 4.69) is 35.1 Å². The molecule has 2 N–H and O–H groups in total. The summed E-state index contributed by atoms with van der Waals surface area (Å²) in [6.07, 6.45) is 0. The summed E-state index contributed by atoms with van der Waals surface area (Å²) < 4.78 is 1.76. The van der Waals surface area contributed by atoms with Gasteiger partial charge < -0.3 is 10.6 Å². The maximum absolute atomic E-state index is 6.56. The molecule has 4 heterocycles.